The van der Waals surface area contributed by atoms with Gasteiger partial charge in [0.1, 0.15) is 0 Å². The SMILES string of the molecule is O=C1S/C(=C\c2ccc3c(cnn3Cc3ccc(C(F)(F)F)cc3C(F)(F)F)c2)C(=O)N1C[C@H]1CCCN1. The second kappa shape index (κ2) is 9.77. The molecule has 2 aliphatic heterocycles. The fourth-order valence-corrected chi connectivity index (χ4v) is 5.43. The number of amides is 2. The van der Waals surface area contributed by atoms with Crippen molar-refractivity contribution in [2.75, 3.05) is 13.1 Å². The number of fused-ring (bicyclic) bond motifs is 1. The number of imide groups is 1. The summed E-state index contributed by atoms with van der Waals surface area (Å²) in [6.07, 6.45) is -5.03. The van der Waals surface area contributed by atoms with Crippen LogP contribution in [0, 0.1) is 0 Å². The number of nitrogens with one attached hydrogen (secondary N) is 1. The number of carbonyl (C=O) groups excluding carboxylic acids is 2. The molecule has 0 aliphatic carbocycles. The van der Waals surface area contributed by atoms with Crippen LogP contribution in [0.15, 0.2) is 47.5 Å². The highest BCUT2D eigenvalue weighted by atomic mass is 32.2. The summed E-state index contributed by atoms with van der Waals surface area (Å²) in [5.74, 6) is -0.383. The van der Waals surface area contributed by atoms with Crippen molar-refractivity contribution < 1.29 is 35.9 Å². The summed E-state index contributed by atoms with van der Waals surface area (Å²) >= 11 is 0.842. The lowest BCUT2D eigenvalue weighted by Crippen LogP contribution is -2.39. The lowest BCUT2D eigenvalue weighted by molar-refractivity contribution is -0.143. The summed E-state index contributed by atoms with van der Waals surface area (Å²) in [6, 6.07) is 6.50. The first-order chi connectivity index (χ1) is 17.9. The van der Waals surface area contributed by atoms with E-state index in [1.165, 1.54) is 15.8 Å². The summed E-state index contributed by atoms with van der Waals surface area (Å²) < 4.78 is 80.8. The van der Waals surface area contributed by atoms with Crippen LogP contribution in [-0.4, -0.2) is 45.0 Å². The summed E-state index contributed by atoms with van der Waals surface area (Å²) in [5, 5.41) is 7.58. The topological polar surface area (TPSA) is 67.2 Å². The van der Waals surface area contributed by atoms with Gasteiger partial charge in [0, 0.05) is 18.0 Å². The molecular formula is C25H20F6N4O2S. The van der Waals surface area contributed by atoms with Gasteiger partial charge in [0.2, 0.25) is 0 Å². The molecule has 2 fully saturated rings. The molecule has 1 aromatic heterocycles. The number of aromatic nitrogens is 2. The highest BCUT2D eigenvalue weighted by Crippen LogP contribution is 2.38. The Morgan fingerprint density at radius 3 is 2.53 bits per heavy atom. The Morgan fingerprint density at radius 1 is 1.05 bits per heavy atom. The predicted molar refractivity (Wildman–Crippen MR) is 129 cm³/mol. The van der Waals surface area contributed by atoms with Crippen LogP contribution in [0.25, 0.3) is 17.0 Å². The standard InChI is InChI=1S/C25H20F6N4O2S/c26-24(27,28)17-5-4-15(19(10-17)25(29,30)31)12-35-20-6-3-14(8-16(20)11-33-35)9-21-22(36)34(23(37)38-21)13-18-2-1-7-32-18/h3-6,8-11,18,32H,1-2,7,12-13H2/b21-9-/t18-/m1/s1. The number of halogens is 6. The number of carbonyl (C=O) groups is 2. The molecular weight excluding hydrogens is 534 g/mol. The van der Waals surface area contributed by atoms with E-state index in [0.29, 0.717) is 29.1 Å². The van der Waals surface area contributed by atoms with E-state index in [1.807, 2.05) is 0 Å². The highest BCUT2D eigenvalue weighted by Gasteiger charge is 2.39. The fraction of sp³-hybridized carbons (Fsp3) is 0.320. The van der Waals surface area contributed by atoms with Crippen LogP contribution in [-0.2, 0) is 23.7 Å². The Balaban J connectivity index is 1.38. The number of rotatable bonds is 5. The smallest absolute Gasteiger partial charge is 0.312 e. The normalized spacial score (nSPS) is 19.9. The van der Waals surface area contributed by atoms with Crippen molar-refractivity contribution in [3.05, 3.63) is 69.8 Å². The maximum atomic E-state index is 13.5. The van der Waals surface area contributed by atoms with Crippen LogP contribution in [0.5, 0.6) is 0 Å². The van der Waals surface area contributed by atoms with Crippen molar-refractivity contribution in [3.8, 4) is 0 Å². The molecule has 0 spiro atoms. The van der Waals surface area contributed by atoms with Gasteiger partial charge in [-0.25, -0.2) is 0 Å². The molecule has 3 aromatic rings. The number of hydrogen-bond donors (Lipinski definition) is 1. The van der Waals surface area contributed by atoms with Crippen LogP contribution in [0.3, 0.4) is 0 Å². The lowest BCUT2D eigenvalue weighted by atomic mass is 10.0. The van der Waals surface area contributed by atoms with Crippen LogP contribution in [0.1, 0.15) is 35.1 Å². The van der Waals surface area contributed by atoms with Gasteiger partial charge in [-0.2, -0.15) is 31.4 Å². The first kappa shape index (κ1) is 26.3. The van der Waals surface area contributed by atoms with Crippen LogP contribution in [0.2, 0.25) is 0 Å². The molecule has 2 aromatic carbocycles. The van der Waals surface area contributed by atoms with Gasteiger partial charge < -0.3 is 5.32 Å². The zero-order valence-corrected chi connectivity index (χ0v) is 20.4. The van der Waals surface area contributed by atoms with Gasteiger partial charge in [-0.15, -0.1) is 0 Å². The van der Waals surface area contributed by atoms with E-state index in [4.69, 9.17) is 0 Å². The molecule has 0 saturated carbocycles. The second-order valence-electron chi connectivity index (χ2n) is 9.07. The highest BCUT2D eigenvalue weighted by molar-refractivity contribution is 8.18. The number of alkyl halides is 6. The molecule has 0 unspecified atom stereocenters. The van der Waals surface area contributed by atoms with E-state index in [1.54, 1.807) is 24.3 Å². The maximum Gasteiger partial charge on any atom is 0.416 e. The molecule has 2 saturated heterocycles. The van der Waals surface area contributed by atoms with E-state index in [0.717, 1.165) is 37.2 Å². The van der Waals surface area contributed by atoms with Gasteiger partial charge in [-0.3, -0.25) is 19.2 Å². The number of hydrogen-bond acceptors (Lipinski definition) is 5. The van der Waals surface area contributed by atoms with Crippen LogP contribution in [0.4, 0.5) is 31.1 Å². The Labute approximate surface area is 216 Å². The van der Waals surface area contributed by atoms with E-state index in [2.05, 4.69) is 10.4 Å². The first-order valence-electron chi connectivity index (χ1n) is 11.6. The largest absolute Gasteiger partial charge is 0.416 e. The van der Waals surface area contributed by atoms with E-state index < -0.39 is 30.0 Å². The molecule has 13 heteroatoms. The number of nitrogens with zero attached hydrogens (tertiary/aromatic N) is 3. The molecule has 1 atom stereocenters. The minimum atomic E-state index is -4.98. The minimum absolute atomic E-state index is 0.0765. The van der Waals surface area contributed by atoms with Crippen molar-refractivity contribution >= 4 is 39.9 Å². The van der Waals surface area contributed by atoms with Gasteiger partial charge in [-0.05, 0) is 72.6 Å². The van der Waals surface area contributed by atoms with Gasteiger partial charge >= 0.3 is 12.4 Å². The van der Waals surface area contributed by atoms with Crippen LogP contribution >= 0.6 is 11.8 Å². The Hall–Kier alpha value is -3.32. The van der Waals surface area contributed by atoms with Crippen molar-refractivity contribution in [2.45, 2.75) is 37.8 Å². The first-order valence-corrected chi connectivity index (χ1v) is 12.4. The van der Waals surface area contributed by atoms with Crippen molar-refractivity contribution in [1.29, 1.82) is 0 Å². The second-order valence-corrected chi connectivity index (χ2v) is 10.1. The minimum Gasteiger partial charge on any atom is -0.312 e. The summed E-state index contributed by atoms with van der Waals surface area (Å²) in [4.78, 5) is 26.7. The molecule has 2 amide bonds. The van der Waals surface area contributed by atoms with Crippen molar-refractivity contribution in [2.24, 2.45) is 0 Å². The van der Waals surface area contributed by atoms with Crippen LogP contribution < -0.4 is 5.32 Å². The van der Waals surface area contributed by atoms with Gasteiger partial charge in [0.05, 0.1) is 34.3 Å². The lowest BCUT2D eigenvalue weighted by Gasteiger charge is -2.17. The molecule has 200 valence electrons. The molecule has 1 N–H and O–H groups in total. The molecule has 6 nitrogen and oxygen atoms in total. The molecule has 0 radical (unpaired) electrons. The third-order valence-electron chi connectivity index (χ3n) is 6.47. The Bertz CT molecular complexity index is 1440. The third kappa shape index (κ3) is 5.30. The van der Waals surface area contributed by atoms with Crippen molar-refractivity contribution in [3.63, 3.8) is 0 Å². The van der Waals surface area contributed by atoms with E-state index >= 15 is 0 Å². The number of benzene rings is 2. The Kier molecular flexibility index (Phi) is 6.76. The van der Waals surface area contributed by atoms with Gasteiger partial charge in [-0.1, -0.05) is 12.1 Å². The maximum absolute atomic E-state index is 13.5. The fourth-order valence-electron chi connectivity index (χ4n) is 4.58. The number of thioether (sulfide) groups is 1. The summed E-state index contributed by atoms with van der Waals surface area (Å²) in [6.45, 7) is 0.752. The summed E-state index contributed by atoms with van der Waals surface area (Å²) in [5.41, 5.74) is -2.07. The zero-order chi connectivity index (χ0) is 27.2. The molecule has 3 heterocycles. The summed E-state index contributed by atoms with van der Waals surface area (Å²) in [7, 11) is 0. The molecule has 5 rings (SSSR count). The monoisotopic (exact) mass is 554 g/mol. The van der Waals surface area contributed by atoms with E-state index in [9.17, 15) is 35.9 Å². The van der Waals surface area contributed by atoms with Crippen molar-refractivity contribution in [1.82, 2.24) is 20.0 Å². The quantitative estimate of drug-likeness (QED) is 0.314. The molecule has 2 aliphatic rings. The molecule has 0 bridgehead atoms. The predicted octanol–water partition coefficient (Wildman–Crippen LogP) is 5.91. The average Bonchev–Trinajstić information content (AvgIpc) is 3.55. The Morgan fingerprint density at radius 2 is 1.84 bits per heavy atom. The van der Waals surface area contributed by atoms with Gasteiger partial charge in [0.15, 0.2) is 0 Å². The third-order valence-corrected chi connectivity index (χ3v) is 7.37. The molecule has 38 heavy (non-hydrogen) atoms. The zero-order valence-electron chi connectivity index (χ0n) is 19.6. The van der Waals surface area contributed by atoms with Gasteiger partial charge in [0.25, 0.3) is 11.1 Å². The average molecular weight is 555 g/mol. The van der Waals surface area contributed by atoms with E-state index in [-0.39, 0.29) is 33.7 Å².